The van der Waals surface area contributed by atoms with Crippen molar-refractivity contribution in [3.8, 4) is 0 Å². The molecule has 0 aromatic heterocycles. The molecule has 0 aliphatic heterocycles. The number of carbonyl (C=O) groups excluding carboxylic acids is 1. The molecule has 0 heterocycles. The van der Waals surface area contributed by atoms with Gasteiger partial charge in [0.25, 0.3) is 0 Å². The average Bonchev–Trinajstić information content (AvgIpc) is 3.08. The topological polar surface area (TPSA) is 227 Å². The van der Waals surface area contributed by atoms with Crippen molar-refractivity contribution < 1.29 is 63.7 Å². The lowest BCUT2D eigenvalue weighted by Gasteiger charge is -2.35. The average molecular weight is 713 g/mol. The summed E-state index contributed by atoms with van der Waals surface area (Å²) in [5, 5.41) is 40.7. The monoisotopic (exact) mass is 712 g/mol. The van der Waals surface area contributed by atoms with Crippen LogP contribution >= 0.6 is 0 Å². The van der Waals surface area contributed by atoms with Gasteiger partial charge < -0.3 is 35.3 Å². The van der Waals surface area contributed by atoms with Gasteiger partial charge in [-0.2, -0.15) is 5.48 Å². The number of ether oxygens (including phenoxy) is 1. The highest BCUT2D eigenvalue weighted by Crippen LogP contribution is 2.35. The van der Waals surface area contributed by atoms with Crippen molar-refractivity contribution in [1.82, 2.24) is 10.8 Å². The second-order valence-corrected chi connectivity index (χ2v) is 15.7. The van der Waals surface area contributed by atoms with Gasteiger partial charge in [-0.3, -0.25) is 24.0 Å². The van der Waals surface area contributed by atoms with Crippen LogP contribution in [0.25, 0.3) is 0 Å². The quantitative estimate of drug-likeness (QED) is 0.0935. The number of hydroxylamine groups is 1. The summed E-state index contributed by atoms with van der Waals surface area (Å²) >= 11 is 0. The van der Waals surface area contributed by atoms with Gasteiger partial charge in [-0.1, -0.05) is 13.8 Å². The van der Waals surface area contributed by atoms with Crippen molar-refractivity contribution in [2.45, 2.75) is 128 Å². The SMILES string of the molecule is CC(C)(COOC1CCC(NOCC2CC(C(=O)O)CCC2C(=O)O)CC1)COC1CCC(C(=O)NC2CC(C(=O)O)CCC2C(=O)O)CC1. The Morgan fingerprint density at radius 2 is 1.20 bits per heavy atom. The summed E-state index contributed by atoms with van der Waals surface area (Å²) < 4.78 is 6.20. The molecule has 284 valence electrons. The molecule has 0 aromatic carbocycles. The summed E-state index contributed by atoms with van der Waals surface area (Å²) in [5.74, 6) is -7.15. The Labute approximate surface area is 293 Å². The van der Waals surface area contributed by atoms with E-state index in [1.54, 1.807) is 0 Å². The van der Waals surface area contributed by atoms with Crippen molar-refractivity contribution in [3.05, 3.63) is 0 Å². The van der Waals surface area contributed by atoms with Crippen molar-refractivity contribution in [2.24, 2.45) is 40.9 Å². The summed E-state index contributed by atoms with van der Waals surface area (Å²) in [6, 6.07) is -0.600. The Kier molecular flexibility index (Phi) is 14.8. The second kappa shape index (κ2) is 18.6. The third kappa shape index (κ3) is 11.9. The Morgan fingerprint density at radius 3 is 1.80 bits per heavy atom. The largest absolute Gasteiger partial charge is 0.481 e. The molecule has 4 rings (SSSR count). The molecule has 0 bridgehead atoms. The summed E-state index contributed by atoms with van der Waals surface area (Å²) in [5.41, 5.74) is 2.72. The Hall–Kier alpha value is -2.85. The van der Waals surface area contributed by atoms with E-state index in [1.807, 2.05) is 13.8 Å². The van der Waals surface area contributed by atoms with Gasteiger partial charge in [0.2, 0.25) is 5.91 Å². The number of amides is 1. The molecule has 6 N–H and O–H groups in total. The van der Waals surface area contributed by atoms with E-state index in [0.717, 1.165) is 25.7 Å². The second-order valence-electron chi connectivity index (χ2n) is 15.7. The molecule has 0 aromatic rings. The first-order valence-corrected chi connectivity index (χ1v) is 18.2. The fourth-order valence-electron chi connectivity index (χ4n) is 7.86. The highest BCUT2D eigenvalue weighted by atomic mass is 17.2. The molecule has 4 aliphatic rings. The first-order valence-electron chi connectivity index (χ1n) is 18.2. The number of aliphatic carboxylic acids is 4. The van der Waals surface area contributed by atoms with Crippen LogP contribution in [0.15, 0.2) is 0 Å². The number of carbonyl (C=O) groups is 5. The number of hydrogen-bond donors (Lipinski definition) is 6. The predicted octanol–water partition coefficient (Wildman–Crippen LogP) is 3.64. The zero-order valence-corrected chi connectivity index (χ0v) is 29.3. The normalized spacial score (nSPS) is 33.6. The molecule has 4 saturated carbocycles. The zero-order chi connectivity index (χ0) is 36.4. The molecule has 1 amide bonds. The fourth-order valence-corrected chi connectivity index (χ4v) is 7.86. The van der Waals surface area contributed by atoms with Crippen LogP contribution in [-0.4, -0.2) is 94.3 Å². The molecule has 15 heteroatoms. The van der Waals surface area contributed by atoms with E-state index in [4.69, 9.17) is 19.3 Å². The highest BCUT2D eigenvalue weighted by molar-refractivity contribution is 5.81. The van der Waals surface area contributed by atoms with Crippen LogP contribution < -0.4 is 10.8 Å². The van der Waals surface area contributed by atoms with E-state index < -0.39 is 53.6 Å². The maximum Gasteiger partial charge on any atom is 0.308 e. The van der Waals surface area contributed by atoms with Gasteiger partial charge in [-0.25, -0.2) is 9.78 Å². The number of rotatable bonds is 17. The smallest absolute Gasteiger partial charge is 0.308 e. The Morgan fingerprint density at radius 1 is 0.640 bits per heavy atom. The summed E-state index contributed by atoms with van der Waals surface area (Å²) in [6.45, 7) is 4.99. The third-order valence-corrected chi connectivity index (χ3v) is 11.1. The lowest BCUT2D eigenvalue weighted by molar-refractivity contribution is -0.342. The first kappa shape index (κ1) is 39.9. The van der Waals surface area contributed by atoms with Crippen LogP contribution in [0, 0.1) is 40.9 Å². The van der Waals surface area contributed by atoms with Gasteiger partial charge in [0, 0.05) is 23.4 Å². The number of carboxylic acids is 4. The predicted molar refractivity (Wildman–Crippen MR) is 175 cm³/mol. The molecule has 15 nitrogen and oxygen atoms in total. The van der Waals surface area contributed by atoms with E-state index in [1.165, 1.54) is 0 Å². The molecular formula is C35H56N2O13. The van der Waals surface area contributed by atoms with E-state index in [0.29, 0.717) is 64.6 Å². The van der Waals surface area contributed by atoms with Gasteiger partial charge in [0.15, 0.2) is 0 Å². The van der Waals surface area contributed by atoms with Gasteiger partial charge in [-0.15, -0.1) is 0 Å². The minimum atomic E-state index is -1.01. The van der Waals surface area contributed by atoms with Crippen molar-refractivity contribution >= 4 is 29.8 Å². The van der Waals surface area contributed by atoms with Crippen LogP contribution in [0.5, 0.6) is 0 Å². The van der Waals surface area contributed by atoms with Gasteiger partial charge >= 0.3 is 23.9 Å². The molecule has 0 saturated heterocycles. The molecular weight excluding hydrogens is 656 g/mol. The lowest BCUT2D eigenvalue weighted by Crippen LogP contribution is -2.50. The minimum absolute atomic E-state index is 0.00574. The molecule has 6 atom stereocenters. The zero-order valence-electron chi connectivity index (χ0n) is 29.3. The standard InChI is InChI=1S/C35H56N2O13/c1-35(2,18-47-25-9-3-20(4-10-25)30(38)36-29-16-22(32(41)42)6-14-28(29)34(45)46)19-49-50-26-11-7-24(8-12-26)37-48-17-23-15-21(31(39)40)5-13-27(23)33(43)44/h20-29,37H,3-19H2,1-2H3,(H,36,38)(H,39,40)(H,41,42)(H,43,44)(H,45,46). The number of carboxylic acid groups (broad SMARTS) is 4. The number of nitrogens with one attached hydrogen (secondary N) is 2. The fraction of sp³-hybridized carbons (Fsp3) is 0.857. The maximum atomic E-state index is 13.0. The van der Waals surface area contributed by atoms with Crippen LogP contribution in [0.2, 0.25) is 0 Å². The van der Waals surface area contributed by atoms with Gasteiger partial charge in [0.1, 0.15) is 0 Å². The van der Waals surface area contributed by atoms with E-state index in [-0.39, 0.29) is 60.9 Å². The lowest BCUT2D eigenvalue weighted by atomic mass is 9.74. The highest BCUT2D eigenvalue weighted by Gasteiger charge is 2.40. The van der Waals surface area contributed by atoms with Crippen molar-refractivity contribution in [1.29, 1.82) is 0 Å². The maximum absolute atomic E-state index is 13.0. The van der Waals surface area contributed by atoms with Crippen LogP contribution in [-0.2, 0) is 43.3 Å². The summed E-state index contributed by atoms with van der Waals surface area (Å²) in [4.78, 5) is 76.3. The van der Waals surface area contributed by atoms with E-state index >= 15 is 0 Å². The molecule has 4 fully saturated rings. The van der Waals surface area contributed by atoms with E-state index in [9.17, 15) is 44.4 Å². The first-order chi connectivity index (χ1) is 23.7. The van der Waals surface area contributed by atoms with Gasteiger partial charge in [0.05, 0.1) is 55.7 Å². The van der Waals surface area contributed by atoms with Crippen molar-refractivity contribution in [3.63, 3.8) is 0 Å². The molecule has 0 spiro atoms. The van der Waals surface area contributed by atoms with E-state index in [2.05, 4.69) is 10.8 Å². The van der Waals surface area contributed by atoms with Crippen LogP contribution in [0.4, 0.5) is 0 Å². The minimum Gasteiger partial charge on any atom is -0.481 e. The van der Waals surface area contributed by atoms with Gasteiger partial charge in [-0.05, 0) is 95.8 Å². The van der Waals surface area contributed by atoms with Crippen LogP contribution in [0.1, 0.15) is 104 Å². The molecule has 4 aliphatic carbocycles. The molecule has 50 heavy (non-hydrogen) atoms. The molecule has 6 unspecified atom stereocenters. The Bertz CT molecular complexity index is 1170. The van der Waals surface area contributed by atoms with Crippen molar-refractivity contribution in [2.75, 3.05) is 19.8 Å². The third-order valence-electron chi connectivity index (χ3n) is 11.1. The molecule has 0 radical (unpaired) electrons. The van der Waals surface area contributed by atoms with Crippen LogP contribution in [0.3, 0.4) is 0 Å². The summed E-state index contributed by atoms with van der Waals surface area (Å²) in [7, 11) is 0. The number of hydrogen-bond acceptors (Lipinski definition) is 10. The summed E-state index contributed by atoms with van der Waals surface area (Å²) in [6.07, 6.45) is 7.30. The Balaban J connectivity index is 1.07.